The van der Waals surface area contributed by atoms with Crippen molar-refractivity contribution in [2.45, 2.75) is 31.6 Å². The molecule has 1 heterocycles. The Morgan fingerprint density at radius 3 is 2.52 bits per heavy atom. The maximum absolute atomic E-state index is 12.9. The number of rotatable bonds is 3. The third kappa shape index (κ3) is 2.37. The summed E-state index contributed by atoms with van der Waals surface area (Å²) in [6.45, 7) is 2.58. The number of hydrogen-bond acceptors (Lipinski definition) is 2. The van der Waals surface area contributed by atoms with E-state index in [2.05, 4.69) is 15.9 Å². The lowest BCUT2D eigenvalue weighted by molar-refractivity contribution is -0.147. The molecule has 1 aliphatic carbocycles. The van der Waals surface area contributed by atoms with Crippen molar-refractivity contribution in [2.75, 3.05) is 13.1 Å². The molecule has 21 heavy (non-hydrogen) atoms. The second kappa shape index (κ2) is 4.83. The number of carbonyl (C=O) groups excluding carboxylic acids is 1. The Kier molecular flexibility index (Phi) is 3.35. The van der Waals surface area contributed by atoms with Crippen molar-refractivity contribution in [1.82, 2.24) is 4.90 Å². The van der Waals surface area contributed by atoms with Gasteiger partial charge in [0.2, 0.25) is 5.91 Å². The monoisotopic (exact) mass is 351 g/mol. The number of benzene rings is 1. The molecule has 1 saturated carbocycles. The number of likely N-dealkylation sites (tertiary alicyclic amines) is 1. The zero-order valence-corrected chi connectivity index (χ0v) is 13.5. The summed E-state index contributed by atoms with van der Waals surface area (Å²) >= 11 is 3.45. The first-order valence-corrected chi connectivity index (χ1v) is 7.96. The number of halogens is 1. The van der Waals surface area contributed by atoms with Crippen molar-refractivity contribution in [1.29, 1.82) is 0 Å². The Morgan fingerprint density at radius 1 is 1.29 bits per heavy atom. The highest BCUT2D eigenvalue weighted by Crippen LogP contribution is 2.51. The Bertz CT molecular complexity index is 611. The van der Waals surface area contributed by atoms with Gasteiger partial charge in [-0.15, -0.1) is 0 Å². The highest BCUT2D eigenvalue weighted by molar-refractivity contribution is 9.10. The van der Waals surface area contributed by atoms with Crippen molar-refractivity contribution in [3.05, 3.63) is 34.3 Å². The van der Waals surface area contributed by atoms with E-state index >= 15 is 0 Å². The van der Waals surface area contributed by atoms with E-state index in [1.165, 1.54) is 0 Å². The van der Waals surface area contributed by atoms with Gasteiger partial charge in [0.25, 0.3) is 0 Å². The van der Waals surface area contributed by atoms with E-state index in [9.17, 15) is 14.7 Å². The molecule has 0 aromatic heterocycles. The molecule has 1 amide bonds. The van der Waals surface area contributed by atoms with Crippen molar-refractivity contribution in [3.63, 3.8) is 0 Å². The van der Waals surface area contributed by atoms with Gasteiger partial charge in [0, 0.05) is 17.6 Å². The average Bonchev–Trinajstić information content (AvgIpc) is 3.15. The van der Waals surface area contributed by atoms with Crippen LogP contribution in [0.15, 0.2) is 28.7 Å². The molecular formula is C16H18BrNO3. The highest BCUT2D eigenvalue weighted by Gasteiger charge is 2.55. The molecule has 0 radical (unpaired) electrons. The normalized spacial score (nSPS) is 26.7. The molecule has 1 atom stereocenters. The van der Waals surface area contributed by atoms with Crippen LogP contribution in [0.3, 0.4) is 0 Å². The van der Waals surface area contributed by atoms with Crippen LogP contribution in [0.4, 0.5) is 0 Å². The molecule has 3 rings (SSSR count). The number of hydrogen-bond donors (Lipinski definition) is 1. The molecule has 0 unspecified atom stereocenters. The van der Waals surface area contributed by atoms with E-state index in [-0.39, 0.29) is 5.91 Å². The van der Waals surface area contributed by atoms with Crippen molar-refractivity contribution in [3.8, 4) is 0 Å². The van der Waals surface area contributed by atoms with Gasteiger partial charge in [-0.3, -0.25) is 9.59 Å². The topological polar surface area (TPSA) is 57.6 Å². The van der Waals surface area contributed by atoms with Crippen LogP contribution in [0.5, 0.6) is 0 Å². The molecule has 5 heteroatoms. The molecule has 112 valence electrons. The third-order valence-electron chi connectivity index (χ3n) is 4.81. The Hall–Kier alpha value is -1.36. The quantitative estimate of drug-likeness (QED) is 0.910. The van der Waals surface area contributed by atoms with Gasteiger partial charge in [0.05, 0.1) is 10.8 Å². The minimum atomic E-state index is -0.815. The molecule has 1 aromatic rings. The lowest BCUT2D eigenvalue weighted by Gasteiger charge is -2.25. The maximum Gasteiger partial charge on any atom is 0.311 e. The smallest absolute Gasteiger partial charge is 0.311 e. The van der Waals surface area contributed by atoms with Crippen LogP contribution in [-0.2, 0) is 15.0 Å². The van der Waals surface area contributed by atoms with Gasteiger partial charge in [-0.1, -0.05) is 28.1 Å². The van der Waals surface area contributed by atoms with Crippen molar-refractivity contribution < 1.29 is 14.7 Å². The number of carbonyl (C=O) groups is 2. The predicted molar refractivity (Wildman–Crippen MR) is 82.0 cm³/mol. The summed E-state index contributed by atoms with van der Waals surface area (Å²) in [6.07, 6.45) is 2.23. The molecule has 1 aromatic carbocycles. The highest BCUT2D eigenvalue weighted by atomic mass is 79.9. The van der Waals surface area contributed by atoms with E-state index in [1.807, 2.05) is 24.3 Å². The first-order chi connectivity index (χ1) is 9.87. The van der Waals surface area contributed by atoms with E-state index in [1.54, 1.807) is 11.8 Å². The molecule has 1 aliphatic heterocycles. The summed E-state index contributed by atoms with van der Waals surface area (Å²) in [6, 6.07) is 7.87. The van der Waals surface area contributed by atoms with Crippen LogP contribution in [0.2, 0.25) is 0 Å². The van der Waals surface area contributed by atoms with E-state index in [4.69, 9.17) is 0 Å². The fourth-order valence-corrected chi connectivity index (χ4v) is 3.55. The Balaban J connectivity index is 1.82. The second-order valence-corrected chi connectivity index (χ2v) is 7.35. The van der Waals surface area contributed by atoms with Gasteiger partial charge in [-0.25, -0.2) is 0 Å². The zero-order chi connectivity index (χ0) is 15.3. The SMILES string of the molecule is C[C@@]1(C(=O)O)CCN(C(=O)C2(c3cccc(Br)c3)CC2)C1. The first kappa shape index (κ1) is 14.6. The Morgan fingerprint density at radius 2 is 2.00 bits per heavy atom. The van der Waals surface area contributed by atoms with Gasteiger partial charge in [0.1, 0.15) is 0 Å². The van der Waals surface area contributed by atoms with E-state index in [0.29, 0.717) is 19.5 Å². The van der Waals surface area contributed by atoms with Crippen LogP contribution < -0.4 is 0 Å². The van der Waals surface area contributed by atoms with Crippen LogP contribution in [0.1, 0.15) is 31.7 Å². The van der Waals surface area contributed by atoms with E-state index in [0.717, 1.165) is 22.9 Å². The molecular weight excluding hydrogens is 334 g/mol. The van der Waals surface area contributed by atoms with Crippen molar-refractivity contribution >= 4 is 27.8 Å². The molecule has 0 bridgehead atoms. The average molecular weight is 352 g/mol. The Labute approximate surface area is 132 Å². The minimum absolute atomic E-state index is 0.0885. The zero-order valence-electron chi connectivity index (χ0n) is 11.9. The number of nitrogens with zero attached hydrogens (tertiary/aromatic N) is 1. The number of amides is 1. The molecule has 1 saturated heterocycles. The lowest BCUT2D eigenvalue weighted by atomic mass is 9.90. The largest absolute Gasteiger partial charge is 0.481 e. The van der Waals surface area contributed by atoms with Crippen LogP contribution in [0, 0.1) is 5.41 Å². The van der Waals surface area contributed by atoms with E-state index < -0.39 is 16.8 Å². The summed E-state index contributed by atoms with van der Waals surface area (Å²) in [5.74, 6) is -0.726. The third-order valence-corrected chi connectivity index (χ3v) is 5.31. The van der Waals surface area contributed by atoms with Gasteiger partial charge >= 0.3 is 5.97 Å². The van der Waals surface area contributed by atoms with Gasteiger partial charge in [0.15, 0.2) is 0 Å². The maximum atomic E-state index is 12.9. The van der Waals surface area contributed by atoms with Crippen LogP contribution in [0.25, 0.3) is 0 Å². The van der Waals surface area contributed by atoms with Gasteiger partial charge in [-0.05, 0) is 43.9 Å². The summed E-state index contributed by atoms with van der Waals surface area (Å²) in [5, 5.41) is 9.30. The first-order valence-electron chi connectivity index (χ1n) is 7.16. The van der Waals surface area contributed by atoms with Gasteiger partial charge in [-0.2, -0.15) is 0 Å². The minimum Gasteiger partial charge on any atom is -0.481 e. The number of carboxylic acid groups (broad SMARTS) is 1. The summed E-state index contributed by atoms with van der Waals surface area (Å²) in [7, 11) is 0. The summed E-state index contributed by atoms with van der Waals surface area (Å²) in [5.41, 5.74) is -0.192. The second-order valence-electron chi connectivity index (χ2n) is 6.43. The van der Waals surface area contributed by atoms with Gasteiger partial charge < -0.3 is 10.0 Å². The standard InChI is InChI=1S/C16H18BrNO3/c1-15(14(20)21)7-8-18(10-15)13(19)16(5-6-16)11-3-2-4-12(17)9-11/h2-4,9H,5-8,10H2,1H3,(H,20,21)/t15-/m1/s1. The lowest BCUT2D eigenvalue weighted by Crippen LogP contribution is -2.40. The number of carboxylic acids is 1. The van der Waals surface area contributed by atoms with Crippen LogP contribution >= 0.6 is 15.9 Å². The fourth-order valence-electron chi connectivity index (χ4n) is 3.15. The predicted octanol–water partition coefficient (Wildman–Crippen LogP) is 2.80. The van der Waals surface area contributed by atoms with Crippen molar-refractivity contribution in [2.24, 2.45) is 5.41 Å². The molecule has 2 aliphatic rings. The fraction of sp³-hybridized carbons (Fsp3) is 0.500. The summed E-state index contributed by atoms with van der Waals surface area (Å²) in [4.78, 5) is 25.9. The molecule has 0 spiro atoms. The molecule has 2 fully saturated rings. The molecule has 4 nitrogen and oxygen atoms in total. The molecule has 1 N–H and O–H groups in total. The van der Waals surface area contributed by atoms with Crippen LogP contribution in [-0.4, -0.2) is 35.0 Å². The number of aliphatic carboxylic acids is 1. The summed E-state index contributed by atoms with van der Waals surface area (Å²) < 4.78 is 0.968.